The van der Waals surface area contributed by atoms with Crippen LogP contribution >= 0.6 is 0 Å². The molecule has 0 spiro atoms. The fourth-order valence-electron chi connectivity index (χ4n) is 4.24. The highest BCUT2D eigenvalue weighted by Gasteiger charge is 2.33. The predicted molar refractivity (Wildman–Crippen MR) is 158 cm³/mol. The summed E-state index contributed by atoms with van der Waals surface area (Å²) in [5.74, 6) is -0.492. The van der Waals surface area contributed by atoms with Crippen molar-refractivity contribution in [2.75, 3.05) is 24.5 Å². The highest BCUT2D eigenvalue weighted by atomic mass is 32.2. The first-order valence-corrected chi connectivity index (χ1v) is 14.9. The molecule has 0 aliphatic carbocycles. The molecule has 0 fully saturated rings. The molecule has 0 radical (unpaired) electrons. The largest absolute Gasteiger partial charge is 0.495 e. The third-order valence-corrected chi connectivity index (χ3v) is 8.46. The van der Waals surface area contributed by atoms with E-state index in [4.69, 9.17) is 4.74 Å². The summed E-state index contributed by atoms with van der Waals surface area (Å²) in [4.78, 5) is 28.5. The Hall–Kier alpha value is -3.85. The average molecular weight is 566 g/mol. The SMILES string of the molecule is CCCCNC(=O)[C@H](C)N(Cc1ccccc1)C(=O)CN(c1cc(C)ccc1OC)S(=O)(=O)c1ccc(C)cc1. The maximum atomic E-state index is 14.0. The Morgan fingerprint density at radius 1 is 0.950 bits per heavy atom. The average Bonchev–Trinajstić information content (AvgIpc) is 2.95. The summed E-state index contributed by atoms with van der Waals surface area (Å²) in [6.07, 6.45) is 1.74. The van der Waals surface area contributed by atoms with Crippen LogP contribution in [0.5, 0.6) is 5.75 Å². The van der Waals surface area contributed by atoms with Crippen LogP contribution in [-0.4, -0.2) is 51.4 Å². The van der Waals surface area contributed by atoms with E-state index >= 15 is 0 Å². The number of rotatable bonds is 13. The van der Waals surface area contributed by atoms with E-state index in [2.05, 4.69) is 5.32 Å². The van der Waals surface area contributed by atoms with Crippen LogP contribution in [0.1, 0.15) is 43.4 Å². The Bertz CT molecular complexity index is 1390. The second-order valence-electron chi connectivity index (χ2n) is 9.83. The number of unbranched alkanes of at least 4 members (excludes halogenated alkanes) is 1. The lowest BCUT2D eigenvalue weighted by Gasteiger charge is -2.32. The molecule has 2 amide bonds. The standard InChI is InChI=1S/C31H39N3O5S/c1-6-7-19-32-31(36)25(4)33(21-26-11-9-8-10-12-26)30(35)22-34(28-20-24(3)15-18-29(28)39-5)40(37,38)27-16-13-23(2)14-17-27/h8-18,20,25H,6-7,19,21-22H2,1-5H3,(H,32,36)/t25-/m0/s1. The van der Waals surface area contributed by atoms with Crippen LogP contribution in [0.15, 0.2) is 77.7 Å². The maximum absolute atomic E-state index is 14.0. The van der Waals surface area contributed by atoms with Gasteiger partial charge in [-0.05, 0) is 62.6 Å². The van der Waals surface area contributed by atoms with Crippen molar-refractivity contribution in [2.45, 2.75) is 58.0 Å². The van der Waals surface area contributed by atoms with Gasteiger partial charge >= 0.3 is 0 Å². The summed E-state index contributed by atoms with van der Waals surface area (Å²) in [6.45, 7) is 7.53. The van der Waals surface area contributed by atoms with E-state index in [9.17, 15) is 18.0 Å². The number of nitrogens with one attached hydrogen (secondary N) is 1. The van der Waals surface area contributed by atoms with Crippen molar-refractivity contribution >= 4 is 27.5 Å². The molecule has 0 aliphatic heterocycles. The molecule has 0 heterocycles. The zero-order valence-electron chi connectivity index (χ0n) is 23.9. The molecule has 9 heteroatoms. The maximum Gasteiger partial charge on any atom is 0.264 e. The van der Waals surface area contributed by atoms with Crippen LogP contribution in [0.2, 0.25) is 0 Å². The number of carbonyl (C=O) groups excluding carboxylic acids is 2. The molecule has 1 atom stereocenters. The molecule has 3 aromatic carbocycles. The summed E-state index contributed by atoms with van der Waals surface area (Å²) < 4.78 is 34.7. The summed E-state index contributed by atoms with van der Waals surface area (Å²) >= 11 is 0. The van der Waals surface area contributed by atoms with Gasteiger partial charge in [0.05, 0.1) is 17.7 Å². The fourth-order valence-corrected chi connectivity index (χ4v) is 5.66. The van der Waals surface area contributed by atoms with Gasteiger partial charge in [0.25, 0.3) is 10.0 Å². The number of hydrogen-bond donors (Lipinski definition) is 1. The third-order valence-electron chi connectivity index (χ3n) is 6.68. The van der Waals surface area contributed by atoms with Crippen molar-refractivity contribution in [1.82, 2.24) is 10.2 Å². The number of amides is 2. The second-order valence-corrected chi connectivity index (χ2v) is 11.7. The molecule has 0 aromatic heterocycles. The van der Waals surface area contributed by atoms with Crippen LogP contribution in [0.3, 0.4) is 0 Å². The van der Waals surface area contributed by atoms with Gasteiger partial charge < -0.3 is 15.0 Å². The molecule has 0 saturated carbocycles. The van der Waals surface area contributed by atoms with Gasteiger partial charge in [0.15, 0.2) is 0 Å². The number of carbonyl (C=O) groups is 2. The van der Waals surface area contributed by atoms with Crippen molar-refractivity contribution < 1.29 is 22.7 Å². The zero-order chi connectivity index (χ0) is 29.3. The minimum atomic E-state index is -4.18. The monoisotopic (exact) mass is 565 g/mol. The Labute approximate surface area is 238 Å². The van der Waals surface area contributed by atoms with Crippen LogP contribution in [0.25, 0.3) is 0 Å². The number of methoxy groups -OCH3 is 1. The van der Waals surface area contributed by atoms with Gasteiger partial charge in [-0.25, -0.2) is 8.42 Å². The van der Waals surface area contributed by atoms with Gasteiger partial charge in [0, 0.05) is 13.1 Å². The molecule has 3 rings (SSSR count). The van der Waals surface area contributed by atoms with Crippen LogP contribution < -0.4 is 14.4 Å². The number of sulfonamides is 1. The summed E-state index contributed by atoms with van der Waals surface area (Å²) in [7, 11) is -2.72. The molecule has 0 bridgehead atoms. The Morgan fingerprint density at radius 2 is 1.60 bits per heavy atom. The summed E-state index contributed by atoms with van der Waals surface area (Å²) in [5.41, 5.74) is 2.78. The lowest BCUT2D eigenvalue weighted by Crippen LogP contribution is -2.51. The van der Waals surface area contributed by atoms with Crippen LogP contribution in [0.4, 0.5) is 5.69 Å². The molecular formula is C31H39N3O5S. The Balaban J connectivity index is 2.06. The van der Waals surface area contributed by atoms with Gasteiger partial charge in [-0.3, -0.25) is 13.9 Å². The molecule has 214 valence electrons. The highest BCUT2D eigenvalue weighted by Crippen LogP contribution is 2.33. The minimum absolute atomic E-state index is 0.0504. The van der Waals surface area contributed by atoms with Crippen molar-refractivity contribution in [3.05, 3.63) is 89.5 Å². The normalized spacial score (nSPS) is 11.9. The first-order chi connectivity index (χ1) is 19.1. The fraction of sp³-hybridized carbons (Fsp3) is 0.355. The second kappa shape index (κ2) is 14.0. The van der Waals surface area contributed by atoms with Crippen LogP contribution in [0, 0.1) is 13.8 Å². The number of nitrogens with zero attached hydrogens (tertiary/aromatic N) is 2. The molecule has 40 heavy (non-hydrogen) atoms. The Morgan fingerprint density at radius 3 is 2.23 bits per heavy atom. The molecule has 8 nitrogen and oxygen atoms in total. The quantitative estimate of drug-likeness (QED) is 0.299. The van der Waals surface area contributed by atoms with Crippen molar-refractivity contribution in [1.29, 1.82) is 0 Å². The van der Waals surface area contributed by atoms with E-state index in [-0.39, 0.29) is 23.0 Å². The van der Waals surface area contributed by atoms with Crippen molar-refractivity contribution in [3.63, 3.8) is 0 Å². The molecule has 3 aromatic rings. The van der Waals surface area contributed by atoms with E-state index in [1.165, 1.54) is 24.1 Å². The van der Waals surface area contributed by atoms with E-state index in [1.807, 2.05) is 57.2 Å². The van der Waals surface area contributed by atoms with Gasteiger partial charge in [0.1, 0.15) is 18.3 Å². The van der Waals surface area contributed by atoms with E-state index < -0.39 is 28.5 Å². The number of benzene rings is 3. The number of anilines is 1. The van der Waals surface area contributed by atoms with Gasteiger partial charge in [-0.2, -0.15) is 0 Å². The van der Waals surface area contributed by atoms with Crippen molar-refractivity contribution in [3.8, 4) is 5.75 Å². The lowest BCUT2D eigenvalue weighted by atomic mass is 10.1. The molecular weight excluding hydrogens is 526 g/mol. The number of ether oxygens (including phenoxy) is 1. The third kappa shape index (κ3) is 7.63. The summed E-state index contributed by atoms with van der Waals surface area (Å²) in [6, 6.07) is 20.1. The van der Waals surface area contributed by atoms with Gasteiger partial charge in [-0.1, -0.05) is 67.4 Å². The van der Waals surface area contributed by atoms with E-state index in [0.29, 0.717) is 12.3 Å². The predicted octanol–water partition coefficient (Wildman–Crippen LogP) is 4.84. The molecule has 0 saturated heterocycles. The minimum Gasteiger partial charge on any atom is -0.495 e. The lowest BCUT2D eigenvalue weighted by molar-refractivity contribution is -0.139. The zero-order valence-corrected chi connectivity index (χ0v) is 24.7. The summed E-state index contributed by atoms with van der Waals surface area (Å²) in [5, 5.41) is 2.89. The number of hydrogen-bond acceptors (Lipinski definition) is 5. The Kier molecular flexibility index (Phi) is 10.7. The first-order valence-electron chi connectivity index (χ1n) is 13.4. The topological polar surface area (TPSA) is 96.0 Å². The highest BCUT2D eigenvalue weighted by molar-refractivity contribution is 7.92. The molecule has 1 N–H and O–H groups in total. The number of aryl methyl sites for hydroxylation is 2. The van der Waals surface area contributed by atoms with Gasteiger partial charge in [-0.15, -0.1) is 0 Å². The van der Waals surface area contributed by atoms with Gasteiger partial charge in [0.2, 0.25) is 11.8 Å². The molecule has 0 aliphatic rings. The van der Waals surface area contributed by atoms with E-state index in [1.54, 1.807) is 31.2 Å². The van der Waals surface area contributed by atoms with Crippen molar-refractivity contribution in [2.24, 2.45) is 0 Å². The molecule has 0 unspecified atom stereocenters. The van der Waals surface area contributed by atoms with Crippen LogP contribution in [-0.2, 0) is 26.2 Å². The smallest absolute Gasteiger partial charge is 0.264 e. The first kappa shape index (κ1) is 30.7. The van der Waals surface area contributed by atoms with E-state index in [0.717, 1.165) is 33.8 Å².